The molecule has 4 nitrogen and oxygen atoms in total. The van der Waals surface area contributed by atoms with Crippen molar-refractivity contribution >= 4 is 16.9 Å². The summed E-state index contributed by atoms with van der Waals surface area (Å²) >= 11 is 0. The molecule has 0 radical (unpaired) electrons. The van der Waals surface area contributed by atoms with E-state index in [0.717, 1.165) is 22.2 Å². The molecule has 0 amide bonds. The van der Waals surface area contributed by atoms with Crippen molar-refractivity contribution in [3.63, 3.8) is 0 Å². The second-order valence-corrected chi connectivity index (χ2v) is 4.72. The van der Waals surface area contributed by atoms with E-state index in [0.29, 0.717) is 11.4 Å². The fourth-order valence-corrected chi connectivity index (χ4v) is 2.24. The lowest BCUT2D eigenvalue weighted by Gasteiger charge is -2.07. The van der Waals surface area contributed by atoms with Gasteiger partial charge in [-0.3, -0.25) is 0 Å². The molecule has 1 aromatic heterocycles. The lowest BCUT2D eigenvalue weighted by atomic mass is 10.1. The maximum atomic E-state index is 11.6. The van der Waals surface area contributed by atoms with Crippen LogP contribution in [0.4, 0.5) is 0 Å². The highest BCUT2D eigenvalue weighted by atomic mass is 16.5. The van der Waals surface area contributed by atoms with E-state index in [1.165, 1.54) is 7.11 Å². The van der Waals surface area contributed by atoms with E-state index in [1.54, 1.807) is 12.1 Å². The van der Waals surface area contributed by atoms with E-state index in [2.05, 4.69) is 9.97 Å². The third kappa shape index (κ3) is 2.48. The van der Waals surface area contributed by atoms with Crippen molar-refractivity contribution in [2.45, 2.75) is 6.92 Å². The van der Waals surface area contributed by atoms with Crippen LogP contribution in [0.5, 0.6) is 0 Å². The number of hydrogen-bond donors (Lipinski definition) is 0. The van der Waals surface area contributed by atoms with Crippen LogP contribution < -0.4 is 0 Å². The monoisotopic (exact) mass is 278 g/mol. The van der Waals surface area contributed by atoms with Crippen LogP contribution in [0.25, 0.3) is 22.3 Å². The zero-order valence-corrected chi connectivity index (χ0v) is 11.8. The van der Waals surface area contributed by atoms with Gasteiger partial charge in [-0.2, -0.15) is 0 Å². The molecule has 0 saturated carbocycles. The van der Waals surface area contributed by atoms with Crippen molar-refractivity contribution in [2.24, 2.45) is 0 Å². The van der Waals surface area contributed by atoms with E-state index in [9.17, 15) is 4.79 Å². The van der Waals surface area contributed by atoms with E-state index in [-0.39, 0.29) is 5.97 Å². The van der Waals surface area contributed by atoms with E-state index >= 15 is 0 Å². The van der Waals surface area contributed by atoms with Gasteiger partial charge in [-0.1, -0.05) is 30.3 Å². The molecule has 0 bridgehead atoms. The predicted octanol–water partition coefficient (Wildman–Crippen LogP) is 3.39. The van der Waals surface area contributed by atoms with Gasteiger partial charge in [0.15, 0.2) is 5.82 Å². The van der Waals surface area contributed by atoms with Gasteiger partial charge in [0.25, 0.3) is 0 Å². The molecule has 0 aliphatic heterocycles. The van der Waals surface area contributed by atoms with E-state index in [1.807, 2.05) is 43.3 Å². The van der Waals surface area contributed by atoms with Crippen molar-refractivity contribution in [3.05, 3.63) is 59.8 Å². The molecule has 0 spiro atoms. The number of esters is 1. The lowest BCUT2D eigenvalue weighted by molar-refractivity contribution is 0.0601. The summed E-state index contributed by atoms with van der Waals surface area (Å²) in [6, 6.07) is 15.1. The van der Waals surface area contributed by atoms with Crippen molar-refractivity contribution < 1.29 is 9.53 Å². The number of carbonyl (C=O) groups is 1. The molecule has 0 unspecified atom stereocenters. The summed E-state index contributed by atoms with van der Waals surface area (Å²) in [5.41, 5.74) is 3.13. The molecule has 1 heterocycles. The van der Waals surface area contributed by atoms with Crippen LogP contribution in [0.2, 0.25) is 0 Å². The summed E-state index contributed by atoms with van der Waals surface area (Å²) in [4.78, 5) is 20.7. The predicted molar refractivity (Wildman–Crippen MR) is 81.1 cm³/mol. The Morgan fingerprint density at radius 1 is 1.05 bits per heavy atom. The number of methoxy groups -OCH3 is 1. The Labute approximate surface area is 122 Å². The Morgan fingerprint density at radius 2 is 1.81 bits per heavy atom. The van der Waals surface area contributed by atoms with Gasteiger partial charge in [-0.05, 0) is 25.1 Å². The highest BCUT2D eigenvalue weighted by molar-refractivity contribution is 5.95. The van der Waals surface area contributed by atoms with Crippen LogP contribution >= 0.6 is 0 Å². The molecule has 0 aliphatic carbocycles. The van der Waals surface area contributed by atoms with Crippen LogP contribution in [0, 0.1) is 6.92 Å². The van der Waals surface area contributed by atoms with Gasteiger partial charge in [0.05, 0.1) is 18.2 Å². The number of benzene rings is 2. The zero-order chi connectivity index (χ0) is 14.8. The molecule has 3 rings (SSSR count). The standard InChI is InChI=1S/C17H14N2O2/c1-11-14-10-13(17(20)21-2)8-9-15(14)19-16(18-11)12-6-4-3-5-7-12/h3-10H,1-2H3. The second-order valence-electron chi connectivity index (χ2n) is 4.72. The third-order valence-corrected chi connectivity index (χ3v) is 3.34. The summed E-state index contributed by atoms with van der Waals surface area (Å²) in [5.74, 6) is 0.329. The maximum Gasteiger partial charge on any atom is 0.337 e. The minimum absolute atomic E-state index is 0.358. The fraction of sp³-hybridized carbons (Fsp3) is 0.118. The van der Waals surface area contributed by atoms with Crippen LogP contribution in [-0.4, -0.2) is 23.0 Å². The molecule has 0 aliphatic rings. The maximum absolute atomic E-state index is 11.6. The Kier molecular flexibility index (Phi) is 3.36. The van der Waals surface area contributed by atoms with Crippen molar-refractivity contribution in [3.8, 4) is 11.4 Å². The Morgan fingerprint density at radius 3 is 2.52 bits per heavy atom. The number of hydrogen-bond acceptors (Lipinski definition) is 4. The van der Waals surface area contributed by atoms with E-state index in [4.69, 9.17) is 4.74 Å². The first kappa shape index (κ1) is 13.2. The van der Waals surface area contributed by atoms with Gasteiger partial charge in [0.1, 0.15) is 0 Å². The van der Waals surface area contributed by atoms with Crippen LogP contribution in [0.3, 0.4) is 0 Å². The first-order chi connectivity index (χ1) is 10.2. The number of aryl methyl sites for hydroxylation is 1. The van der Waals surface area contributed by atoms with Gasteiger partial charge >= 0.3 is 5.97 Å². The van der Waals surface area contributed by atoms with Crippen LogP contribution in [0.15, 0.2) is 48.5 Å². The molecule has 0 atom stereocenters. The SMILES string of the molecule is COC(=O)c1ccc2nc(-c3ccccc3)nc(C)c2c1. The zero-order valence-electron chi connectivity index (χ0n) is 11.8. The molecule has 0 saturated heterocycles. The molecule has 21 heavy (non-hydrogen) atoms. The fourth-order valence-electron chi connectivity index (χ4n) is 2.24. The highest BCUT2D eigenvalue weighted by Crippen LogP contribution is 2.22. The summed E-state index contributed by atoms with van der Waals surface area (Å²) in [6.07, 6.45) is 0. The average molecular weight is 278 g/mol. The Bertz CT molecular complexity index is 814. The Balaban J connectivity index is 2.16. The number of nitrogens with zero attached hydrogens (tertiary/aromatic N) is 2. The third-order valence-electron chi connectivity index (χ3n) is 3.34. The average Bonchev–Trinajstić information content (AvgIpc) is 2.54. The molecule has 0 N–H and O–H groups in total. The van der Waals surface area contributed by atoms with Gasteiger partial charge < -0.3 is 4.74 Å². The lowest BCUT2D eigenvalue weighted by Crippen LogP contribution is -2.02. The number of rotatable bonds is 2. The van der Waals surface area contributed by atoms with E-state index < -0.39 is 0 Å². The molecule has 104 valence electrons. The molecule has 2 aromatic carbocycles. The molecular weight excluding hydrogens is 264 g/mol. The topological polar surface area (TPSA) is 52.1 Å². The largest absolute Gasteiger partial charge is 0.465 e. The Hall–Kier alpha value is -2.75. The highest BCUT2D eigenvalue weighted by Gasteiger charge is 2.10. The first-order valence-electron chi connectivity index (χ1n) is 6.61. The molecule has 3 aromatic rings. The number of aromatic nitrogens is 2. The number of fused-ring (bicyclic) bond motifs is 1. The van der Waals surface area contributed by atoms with Gasteiger partial charge in [0, 0.05) is 16.6 Å². The van der Waals surface area contributed by atoms with Crippen molar-refractivity contribution in [1.82, 2.24) is 9.97 Å². The summed E-state index contributed by atoms with van der Waals surface area (Å²) < 4.78 is 4.74. The van der Waals surface area contributed by atoms with Gasteiger partial charge in [-0.25, -0.2) is 14.8 Å². The second kappa shape index (κ2) is 5.32. The van der Waals surface area contributed by atoms with Crippen molar-refractivity contribution in [1.29, 1.82) is 0 Å². The van der Waals surface area contributed by atoms with Crippen LogP contribution in [-0.2, 0) is 4.74 Å². The van der Waals surface area contributed by atoms with Gasteiger partial charge in [0.2, 0.25) is 0 Å². The number of carbonyl (C=O) groups excluding carboxylic acids is 1. The summed E-state index contributed by atoms with van der Waals surface area (Å²) in [5, 5.41) is 0.859. The quantitative estimate of drug-likeness (QED) is 0.674. The molecule has 0 fully saturated rings. The van der Waals surface area contributed by atoms with Gasteiger partial charge in [-0.15, -0.1) is 0 Å². The van der Waals surface area contributed by atoms with Crippen molar-refractivity contribution in [2.75, 3.05) is 7.11 Å². The molecular formula is C17H14N2O2. The minimum Gasteiger partial charge on any atom is -0.465 e. The summed E-state index contributed by atoms with van der Waals surface area (Å²) in [7, 11) is 1.37. The molecule has 4 heteroatoms. The first-order valence-corrected chi connectivity index (χ1v) is 6.61. The summed E-state index contributed by atoms with van der Waals surface area (Å²) in [6.45, 7) is 1.91. The normalized spacial score (nSPS) is 10.6. The number of ether oxygens (including phenoxy) is 1. The minimum atomic E-state index is -0.358. The smallest absolute Gasteiger partial charge is 0.337 e. The van der Waals surface area contributed by atoms with Crippen LogP contribution in [0.1, 0.15) is 16.1 Å².